The van der Waals surface area contributed by atoms with Crippen LogP contribution in [0.15, 0.2) is 65.3 Å². The third kappa shape index (κ3) is 4.77. The summed E-state index contributed by atoms with van der Waals surface area (Å²) in [6.07, 6.45) is 5.42. The predicted molar refractivity (Wildman–Crippen MR) is 134 cm³/mol. The van der Waals surface area contributed by atoms with Crippen LogP contribution in [-0.4, -0.2) is 46.2 Å². The van der Waals surface area contributed by atoms with Gasteiger partial charge in [0.15, 0.2) is 0 Å². The molecule has 2 aromatic heterocycles. The van der Waals surface area contributed by atoms with Crippen LogP contribution in [0.1, 0.15) is 25.7 Å². The van der Waals surface area contributed by atoms with Crippen LogP contribution in [0.5, 0.6) is 0 Å². The van der Waals surface area contributed by atoms with Gasteiger partial charge in [-0.25, -0.2) is 9.97 Å². The molecule has 1 saturated carbocycles. The second-order valence-corrected chi connectivity index (χ2v) is 9.69. The zero-order chi connectivity index (χ0) is 23.8. The summed E-state index contributed by atoms with van der Waals surface area (Å²) >= 11 is 6.18. The van der Waals surface area contributed by atoms with E-state index in [-0.39, 0.29) is 18.8 Å². The first kappa shape index (κ1) is 22.5. The van der Waals surface area contributed by atoms with Gasteiger partial charge in [0.1, 0.15) is 31.1 Å². The molecule has 0 bridgehead atoms. The Morgan fingerprint density at radius 2 is 1.86 bits per heavy atom. The number of aromatic nitrogens is 2. The molecule has 6 rings (SSSR count). The highest BCUT2D eigenvalue weighted by atomic mass is 35.5. The van der Waals surface area contributed by atoms with Crippen molar-refractivity contribution >= 4 is 28.5 Å². The van der Waals surface area contributed by atoms with Crippen molar-refractivity contribution in [2.24, 2.45) is 0 Å². The first-order chi connectivity index (χ1) is 17.1. The van der Waals surface area contributed by atoms with Crippen LogP contribution in [0.25, 0.3) is 33.6 Å². The van der Waals surface area contributed by atoms with E-state index in [2.05, 4.69) is 15.3 Å². The number of nitrogens with zero attached hydrogens (tertiary/aromatic N) is 2. The highest BCUT2D eigenvalue weighted by Crippen LogP contribution is 2.43. The van der Waals surface area contributed by atoms with Gasteiger partial charge < -0.3 is 24.3 Å². The minimum Gasteiger partial charge on any atom is -0.437 e. The maximum absolute atomic E-state index is 9.93. The average Bonchev–Trinajstić information content (AvgIpc) is 3.49. The first-order valence-corrected chi connectivity index (χ1v) is 12.3. The maximum Gasteiger partial charge on any atom is 0.232 e. The second kappa shape index (κ2) is 9.24. The molecule has 8 heteroatoms. The van der Waals surface area contributed by atoms with Crippen LogP contribution in [0, 0.1) is 0 Å². The Labute approximate surface area is 208 Å². The molecule has 2 aliphatic rings. The lowest BCUT2D eigenvalue weighted by Crippen LogP contribution is -2.34. The number of rotatable bonds is 7. The third-order valence-corrected chi connectivity index (χ3v) is 6.90. The first-order valence-electron chi connectivity index (χ1n) is 11.9. The minimum absolute atomic E-state index is 0.0618. The summed E-state index contributed by atoms with van der Waals surface area (Å²) in [4.78, 5) is 9.08. The second-order valence-electron chi connectivity index (χ2n) is 9.26. The SMILES string of the molecule is OC1(COC2CCCC(Nc3ncnc4oc(-c5ccccc5)c(-c5ccc(Cl)cc5)c34)C2)CO1. The molecular weight excluding hydrogens is 466 g/mol. The van der Waals surface area contributed by atoms with E-state index in [0.717, 1.165) is 59.3 Å². The highest BCUT2D eigenvalue weighted by Gasteiger charge is 2.43. The molecule has 0 spiro atoms. The Kier molecular flexibility index (Phi) is 5.94. The van der Waals surface area contributed by atoms with Crippen LogP contribution in [0.3, 0.4) is 0 Å². The van der Waals surface area contributed by atoms with E-state index in [1.54, 1.807) is 0 Å². The van der Waals surface area contributed by atoms with E-state index in [1.807, 2.05) is 54.6 Å². The molecule has 1 aliphatic carbocycles. The number of epoxide rings is 1. The van der Waals surface area contributed by atoms with Gasteiger partial charge >= 0.3 is 0 Å². The van der Waals surface area contributed by atoms with Gasteiger partial charge in [-0.15, -0.1) is 0 Å². The summed E-state index contributed by atoms with van der Waals surface area (Å²) in [5.41, 5.74) is 3.41. The number of aliphatic hydroxyl groups is 1. The third-order valence-electron chi connectivity index (χ3n) is 6.65. The van der Waals surface area contributed by atoms with Gasteiger partial charge in [-0.3, -0.25) is 0 Å². The van der Waals surface area contributed by atoms with Crippen molar-refractivity contribution in [3.8, 4) is 22.5 Å². The fourth-order valence-corrected chi connectivity index (χ4v) is 4.89. The standard InChI is InChI=1S/C27H26ClN3O4/c28-19-11-9-17(10-12-19)22-23-25(29-16-30-26(23)35-24(22)18-5-2-1-3-6-18)31-20-7-4-8-21(13-20)33-14-27(32)15-34-27/h1-3,5-6,9-12,16,20-21,32H,4,7-8,13-15H2,(H,29,30,31). The molecule has 1 saturated heterocycles. The van der Waals surface area contributed by atoms with E-state index >= 15 is 0 Å². The number of nitrogens with one attached hydrogen (secondary N) is 1. The normalized spacial score (nSPS) is 23.9. The van der Waals surface area contributed by atoms with Crippen LogP contribution < -0.4 is 5.32 Å². The van der Waals surface area contributed by atoms with Crippen LogP contribution in [0.2, 0.25) is 5.02 Å². The smallest absolute Gasteiger partial charge is 0.232 e. The number of hydrogen-bond acceptors (Lipinski definition) is 7. The number of hydrogen-bond donors (Lipinski definition) is 2. The molecule has 2 fully saturated rings. The van der Waals surface area contributed by atoms with Crippen molar-refractivity contribution < 1.29 is 19.0 Å². The fraction of sp³-hybridized carbons (Fsp3) is 0.333. The van der Waals surface area contributed by atoms with E-state index in [4.69, 9.17) is 25.5 Å². The molecule has 35 heavy (non-hydrogen) atoms. The van der Waals surface area contributed by atoms with Crippen molar-refractivity contribution in [1.29, 1.82) is 0 Å². The summed E-state index contributed by atoms with van der Waals surface area (Å²) in [5, 5.41) is 15.1. The number of anilines is 1. The topological polar surface area (TPSA) is 92.9 Å². The molecule has 0 radical (unpaired) electrons. The zero-order valence-corrected chi connectivity index (χ0v) is 19.9. The summed E-state index contributed by atoms with van der Waals surface area (Å²) in [6, 6.07) is 17.9. The monoisotopic (exact) mass is 491 g/mol. The van der Waals surface area contributed by atoms with E-state index in [0.29, 0.717) is 17.3 Å². The van der Waals surface area contributed by atoms with E-state index in [9.17, 15) is 5.11 Å². The summed E-state index contributed by atoms with van der Waals surface area (Å²) in [5.74, 6) is 0.395. The Bertz CT molecular complexity index is 1320. The molecule has 4 aromatic rings. The lowest BCUT2D eigenvalue weighted by Gasteiger charge is -2.30. The number of fused-ring (bicyclic) bond motifs is 1. The molecule has 0 amide bonds. The van der Waals surface area contributed by atoms with Gasteiger partial charge in [0.25, 0.3) is 0 Å². The summed E-state index contributed by atoms with van der Waals surface area (Å²) < 4.78 is 17.3. The summed E-state index contributed by atoms with van der Waals surface area (Å²) in [6.45, 7) is 0.559. The van der Waals surface area contributed by atoms with Crippen molar-refractivity contribution in [3.63, 3.8) is 0 Å². The molecule has 1 aliphatic heterocycles. The van der Waals surface area contributed by atoms with Crippen LogP contribution >= 0.6 is 11.6 Å². The molecule has 2 aromatic carbocycles. The Morgan fingerprint density at radius 3 is 2.63 bits per heavy atom. The predicted octanol–water partition coefficient (Wildman–Crippen LogP) is 5.67. The molecule has 3 heterocycles. The van der Waals surface area contributed by atoms with Crippen molar-refractivity contribution in [3.05, 3.63) is 65.9 Å². The maximum atomic E-state index is 9.93. The van der Waals surface area contributed by atoms with Crippen LogP contribution in [0.4, 0.5) is 5.82 Å². The van der Waals surface area contributed by atoms with Gasteiger partial charge in [-0.05, 0) is 43.4 Å². The minimum atomic E-state index is -1.09. The lowest BCUT2D eigenvalue weighted by atomic mass is 9.92. The van der Waals surface area contributed by atoms with Crippen molar-refractivity contribution in [2.45, 2.75) is 43.6 Å². The van der Waals surface area contributed by atoms with Gasteiger partial charge in [-0.1, -0.05) is 54.1 Å². The Morgan fingerprint density at radius 1 is 1.06 bits per heavy atom. The van der Waals surface area contributed by atoms with E-state index in [1.165, 1.54) is 6.33 Å². The number of halogens is 1. The van der Waals surface area contributed by atoms with E-state index < -0.39 is 5.79 Å². The Balaban J connectivity index is 1.36. The Hall–Kier alpha value is -2.97. The van der Waals surface area contributed by atoms with Gasteiger partial charge in [0.2, 0.25) is 11.5 Å². The number of furan rings is 1. The van der Waals surface area contributed by atoms with Crippen LogP contribution in [-0.2, 0) is 9.47 Å². The number of benzene rings is 2. The van der Waals surface area contributed by atoms with Gasteiger partial charge in [0, 0.05) is 22.2 Å². The summed E-state index contributed by atoms with van der Waals surface area (Å²) in [7, 11) is 0. The van der Waals surface area contributed by atoms with Gasteiger partial charge in [-0.2, -0.15) is 0 Å². The quantitative estimate of drug-likeness (QED) is 0.322. The molecule has 180 valence electrons. The average molecular weight is 492 g/mol. The molecular formula is C27H26ClN3O4. The number of ether oxygens (including phenoxy) is 2. The molecule has 3 unspecified atom stereocenters. The molecule has 3 atom stereocenters. The van der Waals surface area contributed by atoms with Gasteiger partial charge in [0.05, 0.1) is 11.5 Å². The zero-order valence-electron chi connectivity index (χ0n) is 19.1. The van der Waals surface area contributed by atoms with Crippen molar-refractivity contribution in [1.82, 2.24) is 9.97 Å². The molecule has 2 N–H and O–H groups in total. The fourth-order valence-electron chi connectivity index (χ4n) is 4.76. The highest BCUT2D eigenvalue weighted by molar-refractivity contribution is 6.30. The largest absolute Gasteiger partial charge is 0.437 e. The molecule has 7 nitrogen and oxygen atoms in total. The van der Waals surface area contributed by atoms with Crippen molar-refractivity contribution in [2.75, 3.05) is 18.5 Å². The lowest BCUT2D eigenvalue weighted by molar-refractivity contribution is -0.0782.